The molecule has 0 aromatic heterocycles. The molecule has 0 heterocycles. The van der Waals surface area contributed by atoms with Crippen LogP contribution in [-0.4, -0.2) is 19.2 Å². The fourth-order valence-corrected chi connectivity index (χ4v) is 0.698. The monoisotopic (exact) mass is 184 g/mol. The number of esters is 1. The van der Waals surface area contributed by atoms with E-state index in [0.29, 0.717) is 24.4 Å². The number of hydrogen-bond acceptors (Lipinski definition) is 3. The first kappa shape index (κ1) is 11.8. The van der Waals surface area contributed by atoms with Gasteiger partial charge in [0.15, 0.2) is 0 Å². The lowest BCUT2D eigenvalue weighted by Gasteiger charge is -2.05. The Morgan fingerprint density at radius 1 is 1.38 bits per heavy atom. The lowest BCUT2D eigenvalue weighted by Crippen LogP contribution is -2.08. The van der Waals surface area contributed by atoms with Gasteiger partial charge in [0.25, 0.3) is 0 Å². The van der Waals surface area contributed by atoms with E-state index >= 15 is 0 Å². The van der Waals surface area contributed by atoms with Gasteiger partial charge in [-0.25, -0.2) is 4.79 Å². The van der Waals surface area contributed by atoms with Gasteiger partial charge in [0.05, 0.1) is 25.0 Å². The van der Waals surface area contributed by atoms with E-state index in [1.54, 1.807) is 13.8 Å². The van der Waals surface area contributed by atoms with E-state index in [9.17, 15) is 4.79 Å². The summed E-state index contributed by atoms with van der Waals surface area (Å²) in [5.74, 6) is -0.386. The van der Waals surface area contributed by atoms with Crippen LogP contribution in [0.15, 0.2) is 24.0 Å². The highest BCUT2D eigenvalue weighted by Crippen LogP contribution is 2.09. The van der Waals surface area contributed by atoms with Crippen molar-refractivity contribution in [2.75, 3.05) is 13.2 Å². The summed E-state index contributed by atoms with van der Waals surface area (Å²) in [6.45, 7) is 9.88. The Morgan fingerprint density at radius 2 is 2.00 bits per heavy atom. The van der Waals surface area contributed by atoms with Crippen molar-refractivity contribution in [1.82, 2.24) is 0 Å². The predicted octanol–water partition coefficient (Wildman–Crippen LogP) is 2.05. The first-order valence-electron chi connectivity index (χ1n) is 4.28. The SMILES string of the molecule is C=C(C)C(=COCC)C(=O)OCC. The van der Waals surface area contributed by atoms with E-state index in [-0.39, 0.29) is 5.97 Å². The maximum atomic E-state index is 11.3. The van der Waals surface area contributed by atoms with Gasteiger partial charge in [0.2, 0.25) is 0 Å². The molecule has 0 radical (unpaired) electrons. The van der Waals surface area contributed by atoms with E-state index < -0.39 is 0 Å². The van der Waals surface area contributed by atoms with Crippen LogP contribution in [0.2, 0.25) is 0 Å². The molecular formula is C10H16O3. The van der Waals surface area contributed by atoms with Crippen LogP contribution in [0.5, 0.6) is 0 Å². The average Bonchev–Trinajstić information content (AvgIpc) is 2.05. The Labute approximate surface area is 79.0 Å². The summed E-state index contributed by atoms with van der Waals surface area (Å²) in [5, 5.41) is 0. The molecule has 0 N–H and O–H groups in total. The Bertz CT molecular complexity index is 216. The summed E-state index contributed by atoms with van der Waals surface area (Å²) < 4.78 is 9.82. The van der Waals surface area contributed by atoms with Crippen LogP contribution in [0.25, 0.3) is 0 Å². The first-order chi connectivity index (χ1) is 6.13. The summed E-state index contributed by atoms with van der Waals surface area (Å²) in [4.78, 5) is 11.3. The van der Waals surface area contributed by atoms with Crippen molar-refractivity contribution in [3.63, 3.8) is 0 Å². The first-order valence-corrected chi connectivity index (χ1v) is 4.28. The van der Waals surface area contributed by atoms with Gasteiger partial charge < -0.3 is 9.47 Å². The number of ether oxygens (including phenoxy) is 2. The quantitative estimate of drug-likeness (QED) is 0.284. The molecule has 0 saturated carbocycles. The van der Waals surface area contributed by atoms with Crippen LogP contribution >= 0.6 is 0 Å². The van der Waals surface area contributed by atoms with Crippen molar-refractivity contribution in [2.45, 2.75) is 20.8 Å². The normalized spacial score (nSPS) is 10.8. The maximum Gasteiger partial charge on any atom is 0.341 e. The smallest absolute Gasteiger partial charge is 0.341 e. The molecule has 74 valence electrons. The van der Waals surface area contributed by atoms with Crippen molar-refractivity contribution in [2.24, 2.45) is 0 Å². The second-order valence-corrected chi connectivity index (χ2v) is 2.49. The Kier molecular flexibility index (Phi) is 5.68. The summed E-state index contributed by atoms with van der Waals surface area (Å²) in [7, 11) is 0. The van der Waals surface area contributed by atoms with Crippen LogP contribution in [0.3, 0.4) is 0 Å². The summed E-state index contributed by atoms with van der Waals surface area (Å²) in [6, 6.07) is 0. The number of carbonyl (C=O) groups is 1. The fourth-order valence-electron chi connectivity index (χ4n) is 0.698. The number of carbonyl (C=O) groups excluding carboxylic acids is 1. The molecule has 0 atom stereocenters. The third-order valence-corrected chi connectivity index (χ3v) is 1.32. The molecule has 0 unspecified atom stereocenters. The van der Waals surface area contributed by atoms with E-state index in [0.717, 1.165) is 0 Å². The topological polar surface area (TPSA) is 35.5 Å². The van der Waals surface area contributed by atoms with Crippen molar-refractivity contribution >= 4 is 5.97 Å². The lowest BCUT2D eigenvalue weighted by molar-refractivity contribution is -0.138. The standard InChI is InChI=1S/C10H16O3/c1-5-12-7-9(8(3)4)10(11)13-6-2/h7H,3,5-6H2,1-2,4H3. The molecule has 0 spiro atoms. The number of rotatable bonds is 5. The minimum atomic E-state index is -0.386. The van der Waals surface area contributed by atoms with Gasteiger partial charge in [-0.2, -0.15) is 0 Å². The average molecular weight is 184 g/mol. The molecule has 0 saturated heterocycles. The lowest BCUT2D eigenvalue weighted by atomic mass is 10.1. The van der Waals surface area contributed by atoms with Gasteiger partial charge >= 0.3 is 5.97 Å². The largest absolute Gasteiger partial charge is 0.501 e. The Balaban J connectivity index is 4.41. The maximum absolute atomic E-state index is 11.3. The van der Waals surface area contributed by atoms with E-state index in [1.165, 1.54) is 6.26 Å². The minimum absolute atomic E-state index is 0.357. The molecule has 0 fully saturated rings. The molecule has 0 bridgehead atoms. The van der Waals surface area contributed by atoms with Crippen molar-refractivity contribution in [3.8, 4) is 0 Å². The van der Waals surface area contributed by atoms with Crippen LogP contribution < -0.4 is 0 Å². The van der Waals surface area contributed by atoms with Crippen LogP contribution in [0.1, 0.15) is 20.8 Å². The molecule has 0 amide bonds. The zero-order chi connectivity index (χ0) is 10.3. The summed E-state index contributed by atoms with van der Waals surface area (Å²) in [6.07, 6.45) is 1.39. The van der Waals surface area contributed by atoms with Gasteiger partial charge in [-0.05, 0) is 26.3 Å². The van der Waals surface area contributed by atoms with Crippen LogP contribution in [0, 0.1) is 0 Å². The van der Waals surface area contributed by atoms with E-state index in [1.807, 2.05) is 6.92 Å². The van der Waals surface area contributed by atoms with Gasteiger partial charge in [0.1, 0.15) is 0 Å². The molecule has 0 aliphatic heterocycles. The van der Waals surface area contributed by atoms with Crippen LogP contribution in [0.4, 0.5) is 0 Å². The third kappa shape index (κ3) is 4.35. The molecule has 13 heavy (non-hydrogen) atoms. The molecule has 0 rings (SSSR count). The highest BCUT2D eigenvalue weighted by atomic mass is 16.5. The van der Waals surface area contributed by atoms with Crippen molar-refractivity contribution < 1.29 is 14.3 Å². The van der Waals surface area contributed by atoms with E-state index in [4.69, 9.17) is 9.47 Å². The van der Waals surface area contributed by atoms with Gasteiger partial charge in [-0.1, -0.05) is 6.58 Å². The second kappa shape index (κ2) is 6.29. The van der Waals surface area contributed by atoms with Gasteiger partial charge in [-0.15, -0.1) is 0 Å². The number of hydrogen-bond donors (Lipinski definition) is 0. The zero-order valence-corrected chi connectivity index (χ0v) is 8.42. The minimum Gasteiger partial charge on any atom is -0.501 e. The van der Waals surface area contributed by atoms with Crippen LogP contribution in [-0.2, 0) is 14.3 Å². The summed E-state index contributed by atoms with van der Waals surface area (Å²) in [5.41, 5.74) is 1.04. The Hall–Kier alpha value is -1.25. The zero-order valence-electron chi connectivity index (χ0n) is 8.42. The van der Waals surface area contributed by atoms with E-state index in [2.05, 4.69) is 6.58 Å². The van der Waals surface area contributed by atoms with Gasteiger partial charge in [0, 0.05) is 0 Å². The molecule has 0 aromatic rings. The van der Waals surface area contributed by atoms with Gasteiger partial charge in [-0.3, -0.25) is 0 Å². The highest BCUT2D eigenvalue weighted by Gasteiger charge is 2.11. The molecule has 0 aliphatic rings. The fraction of sp³-hybridized carbons (Fsp3) is 0.500. The molecule has 3 nitrogen and oxygen atoms in total. The predicted molar refractivity (Wildman–Crippen MR) is 51.2 cm³/mol. The third-order valence-electron chi connectivity index (χ3n) is 1.32. The Morgan fingerprint density at radius 3 is 2.38 bits per heavy atom. The molecule has 3 heteroatoms. The molecule has 0 aromatic carbocycles. The highest BCUT2D eigenvalue weighted by molar-refractivity contribution is 5.92. The molecule has 0 aliphatic carbocycles. The van der Waals surface area contributed by atoms with Crippen molar-refractivity contribution in [1.29, 1.82) is 0 Å². The summed E-state index contributed by atoms with van der Waals surface area (Å²) >= 11 is 0. The van der Waals surface area contributed by atoms with Crippen molar-refractivity contribution in [3.05, 3.63) is 24.0 Å². The molecular weight excluding hydrogens is 168 g/mol. The second-order valence-electron chi connectivity index (χ2n) is 2.49.